The largest absolute Gasteiger partial charge is 0.876 e. The molecule has 0 radical (unpaired) electrons. The normalized spacial score (nSPS) is 21.3. The highest BCUT2D eigenvalue weighted by Gasteiger charge is 2.37. The average molecular weight is 377 g/mol. The third-order valence-electron chi connectivity index (χ3n) is 3.86. The Balaban J connectivity index is 0.000000828. The summed E-state index contributed by atoms with van der Waals surface area (Å²) in [6.45, 7) is 8.66. The molecule has 1 aliphatic rings. The molecule has 0 saturated carbocycles. The lowest BCUT2D eigenvalue weighted by Gasteiger charge is -2.41. The van der Waals surface area contributed by atoms with Crippen LogP contribution in [0, 0.1) is 5.92 Å². The Hall–Kier alpha value is -2.31. The predicted molar refractivity (Wildman–Crippen MR) is 101 cm³/mol. The van der Waals surface area contributed by atoms with E-state index in [2.05, 4.69) is 6.58 Å². The summed E-state index contributed by atoms with van der Waals surface area (Å²) in [4.78, 5) is 10.5. The maximum atomic E-state index is 10.5. The van der Waals surface area contributed by atoms with Gasteiger partial charge in [-0.25, -0.2) is 0 Å². The molecule has 2 unspecified atom stereocenters. The first-order chi connectivity index (χ1) is 12.6. The molecule has 0 amide bonds. The van der Waals surface area contributed by atoms with Crippen LogP contribution in [0.3, 0.4) is 0 Å². The number of allylic oxidation sites excluding steroid dienone is 3. The number of phenols is 1. The van der Waals surface area contributed by atoms with E-state index < -0.39 is 11.8 Å². The molecule has 6 nitrogen and oxygen atoms in total. The lowest BCUT2D eigenvalue weighted by Crippen LogP contribution is -2.41. The second-order valence-electron chi connectivity index (χ2n) is 6.91. The van der Waals surface area contributed by atoms with Crippen LogP contribution < -0.4 is 5.11 Å². The van der Waals surface area contributed by atoms with Crippen molar-refractivity contribution in [2.45, 2.75) is 51.9 Å². The van der Waals surface area contributed by atoms with Crippen molar-refractivity contribution < 1.29 is 29.6 Å². The van der Waals surface area contributed by atoms with E-state index in [4.69, 9.17) is 14.6 Å². The zero-order valence-corrected chi connectivity index (χ0v) is 16.2. The first kappa shape index (κ1) is 22.7. The molecule has 0 aromatic heterocycles. The lowest BCUT2D eigenvalue weighted by atomic mass is 9.91. The second-order valence-corrected chi connectivity index (χ2v) is 6.91. The number of carboxylic acids is 1. The SMILES string of the molecule is C=C(C)[O-].CC1(C)OCC(CC=CCCC(=O)O)C(c2ccccc2O)O1. The van der Waals surface area contributed by atoms with Crippen molar-refractivity contribution in [1.82, 2.24) is 0 Å². The van der Waals surface area contributed by atoms with Crippen LogP contribution in [0.15, 0.2) is 48.8 Å². The van der Waals surface area contributed by atoms with Crippen LogP contribution in [-0.4, -0.2) is 28.6 Å². The number of aromatic hydroxyl groups is 1. The van der Waals surface area contributed by atoms with Crippen molar-refractivity contribution in [3.8, 4) is 5.75 Å². The van der Waals surface area contributed by atoms with Crippen LogP contribution in [0.4, 0.5) is 0 Å². The number of benzene rings is 1. The summed E-state index contributed by atoms with van der Waals surface area (Å²) in [7, 11) is 0. The van der Waals surface area contributed by atoms with Crippen molar-refractivity contribution >= 4 is 5.97 Å². The van der Waals surface area contributed by atoms with E-state index in [0.717, 1.165) is 5.56 Å². The summed E-state index contributed by atoms with van der Waals surface area (Å²) < 4.78 is 11.8. The van der Waals surface area contributed by atoms with Crippen LogP contribution in [0.1, 0.15) is 51.7 Å². The number of rotatable bonds is 6. The highest BCUT2D eigenvalue weighted by atomic mass is 16.7. The van der Waals surface area contributed by atoms with E-state index in [1.165, 1.54) is 6.92 Å². The van der Waals surface area contributed by atoms with Gasteiger partial charge in [0.25, 0.3) is 0 Å². The number of phenolic OH excluding ortho intramolecular Hbond substituents is 1. The number of carboxylic acid groups (broad SMARTS) is 1. The highest BCUT2D eigenvalue weighted by molar-refractivity contribution is 5.66. The zero-order valence-electron chi connectivity index (χ0n) is 16.2. The molecule has 6 heteroatoms. The number of ether oxygens (including phenoxy) is 2. The number of carbonyl (C=O) groups is 1. The zero-order chi connectivity index (χ0) is 20.4. The van der Waals surface area contributed by atoms with Crippen LogP contribution in [0.2, 0.25) is 0 Å². The van der Waals surface area contributed by atoms with Gasteiger partial charge in [0.2, 0.25) is 0 Å². The molecule has 1 fully saturated rings. The van der Waals surface area contributed by atoms with Crippen LogP contribution >= 0.6 is 0 Å². The van der Waals surface area contributed by atoms with Crippen LogP contribution in [0.25, 0.3) is 0 Å². The molecule has 2 atom stereocenters. The maximum Gasteiger partial charge on any atom is 0.303 e. The molecule has 2 N–H and O–H groups in total. The van der Waals surface area contributed by atoms with Gasteiger partial charge in [-0.05, 0) is 32.8 Å². The first-order valence-corrected chi connectivity index (χ1v) is 8.91. The Morgan fingerprint density at radius 3 is 2.59 bits per heavy atom. The van der Waals surface area contributed by atoms with Gasteiger partial charge < -0.3 is 24.8 Å². The molecule has 2 rings (SSSR count). The summed E-state index contributed by atoms with van der Waals surface area (Å²) in [6, 6.07) is 7.17. The molecule has 1 aromatic carbocycles. The Labute approximate surface area is 160 Å². The van der Waals surface area contributed by atoms with Crippen molar-refractivity contribution in [2.75, 3.05) is 6.61 Å². The van der Waals surface area contributed by atoms with Gasteiger partial charge in [0.15, 0.2) is 5.79 Å². The smallest absolute Gasteiger partial charge is 0.303 e. The summed E-state index contributed by atoms with van der Waals surface area (Å²) in [6.07, 6.45) is 4.92. The molecule has 150 valence electrons. The van der Waals surface area contributed by atoms with Gasteiger partial charge in [-0.3, -0.25) is 4.79 Å². The third kappa shape index (κ3) is 8.75. The fourth-order valence-electron chi connectivity index (χ4n) is 2.66. The number of hydrogen-bond acceptors (Lipinski definition) is 5. The Morgan fingerprint density at radius 2 is 2.00 bits per heavy atom. The second kappa shape index (κ2) is 10.7. The molecule has 1 aliphatic heterocycles. The van der Waals surface area contributed by atoms with Crippen LogP contribution in [-0.2, 0) is 14.3 Å². The predicted octanol–water partition coefficient (Wildman–Crippen LogP) is 3.52. The Morgan fingerprint density at radius 1 is 1.37 bits per heavy atom. The number of para-hydroxylation sites is 1. The van der Waals surface area contributed by atoms with Crippen molar-refractivity contribution in [2.24, 2.45) is 5.92 Å². The minimum absolute atomic E-state index is 0.0670. The van der Waals surface area contributed by atoms with E-state index in [9.17, 15) is 15.0 Å². The van der Waals surface area contributed by atoms with Gasteiger partial charge >= 0.3 is 5.97 Å². The summed E-state index contributed by atoms with van der Waals surface area (Å²) >= 11 is 0. The van der Waals surface area contributed by atoms with E-state index in [1.807, 2.05) is 38.1 Å². The highest BCUT2D eigenvalue weighted by Crippen LogP contribution is 2.41. The van der Waals surface area contributed by atoms with Gasteiger partial charge in [0, 0.05) is 17.9 Å². The molecule has 1 heterocycles. The summed E-state index contributed by atoms with van der Waals surface area (Å²) in [5, 5.41) is 28.1. The minimum Gasteiger partial charge on any atom is -0.876 e. The molecule has 0 bridgehead atoms. The standard InChI is InChI=1S/C18H24O5.C3H6O/c1-18(2)22-12-13(8-4-3-5-11-16(20)21)17(23-18)14-9-6-7-10-15(14)19;1-3(2)4/h3-4,6-7,9-10,13,17,19H,5,8,11-12H2,1-2H3,(H,20,21);4H,1H2,2H3/p-1. The van der Waals surface area contributed by atoms with E-state index in [-0.39, 0.29) is 30.0 Å². The molecule has 0 spiro atoms. The van der Waals surface area contributed by atoms with Crippen molar-refractivity contribution in [1.29, 1.82) is 0 Å². The average Bonchev–Trinajstić information content (AvgIpc) is 2.55. The van der Waals surface area contributed by atoms with Gasteiger partial charge in [-0.15, -0.1) is 12.3 Å². The number of hydrogen-bond donors (Lipinski definition) is 2. The van der Waals surface area contributed by atoms with E-state index in [0.29, 0.717) is 19.4 Å². The fourth-order valence-corrected chi connectivity index (χ4v) is 2.66. The van der Waals surface area contributed by atoms with Crippen molar-refractivity contribution in [3.63, 3.8) is 0 Å². The topological polar surface area (TPSA) is 99.1 Å². The number of aliphatic carboxylic acids is 1. The molecular weight excluding hydrogens is 348 g/mol. The quantitative estimate of drug-likeness (QED) is 0.581. The van der Waals surface area contributed by atoms with E-state index in [1.54, 1.807) is 12.1 Å². The lowest BCUT2D eigenvalue weighted by molar-refractivity contribution is -0.300. The molecule has 1 saturated heterocycles. The first-order valence-electron chi connectivity index (χ1n) is 8.91. The van der Waals surface area contributed by atoms with Crippen LogP contribution in [0.5, 0.6) is 5.75 Å². The molecular formula is C21H29O6-. The summed E-state index contributed by atoms with van der Waals surface area (Å²) in [5.41, 5.74) is 0.757. The van der Waals surface area contributed by atoms with E-state index >= 15 is 0 Å². The van der Waals surface area contributed by atoms with Gasteiger partial charge in [-0.1, -0.05) is 37.3 Å². The summed E-state index contributed by atoms with van der Waals surface area (Å²) in [5.74, 6) is -1.29. The Bertz CT molecular complexity index is 646. The Kier molecular flexibility index (Phi) is 9.05. The van der Waals surface area contributed by atoms with Gasteiger partial charge in [0.1, 0.15) is 5.75 Å². The van der Waals surface area contributed by atoms with Gasteiger partial charge in [0.05, 0.1) is 12.7 Å². The third-order valence-corrected chi connectivity index (χ3v) is 3.86. The molecule has 1 aromatic rings. The maximum absolute atomic E-state index is 10.5. The van der Waals surface area contributed by atoms with Gasteiger partial charge in [-0.2, -0.15) is 0 Å². The monoisotopic (exact) mass is 377 g/mol. The fraction of sp³-hybridized carbons (Fsp3) is 0.476. The van der Waals surface area contributed by atoms with Crippen molar-refractivity contribution in [3.05, 3.63) is 54.3 Å². The molecule has 27 heavy (non-hydrogen) atoms. The molecule has 0 aliphatic carbocycles. The minimum atomic E-state index is -0.798.